The Balaban J connectivity index is 1.60. The number of fused-ring (bicyclic) bond motifs is 3. The SMILES string of the molecule is Cc1sc(-c2ccn[nH]2)c2c1C1OC1NC(C1CCC1)C2. The predicted octanol–water partition coefficient (Wildman–Crippen LogP) is 3.16. The molecule has 2 aromatic rings. The number of aromatic nitrogens is 2. The normalized spacial score (nSPS) is 31.2. The van der Waals surface area contributed by atoms with Crippen LogP contribution in [-0.2, 0) is 11.2 Å². The van der Waals surface area contributed by atoms with Crippen LogP contribution in [0.1, 0.15) is 41.4 Å². The number of nitrogens with zero attached hydrogens (tertiary/aromatic N) is 1. The summed E-state index contributed by atoms with van der Waals surface area (Å²) < 4.78 is 5.91. The van der Waals surface area contributed by atoms with Crippen molar-refractivity contribution < 1.29 is 4.74 Å². The molecule has 3 atom stereocenters. The van der Waals surface area contributed by atoms with Gasteiger partial charge in [-0.2, -0.15) is 5.10 Å². The molecule has 2 N–H and O–H groups in total. The molecule has 2 aliphatic heterocycles. The summed E-state index contributed by atoms with van der Waals surface area (Å²) in [7, 11) is 0. The van der Waals surface area contributed by atoms with E-state index in [1.54, 1.807) is 0 Å². The van der Waals surface area contributed by atoms with Crippen molar-refractivity contribution in [2.75, 3.05) is 0 Å². The lowest BCUT2D eigenvalue weighted by molar-refractivity contribution is 0.203. The molecular formula is C16H19N3OS. The number of nitrogens with one attached hydrogen (secondary N) is 2. The van der Waals surface area contributed by atoms with Crippen molar-refractivity contribution in [1.29, 1.82) is 0 Å². The van der Waals surface area contributed by atoms with Crippen LogP contribution in [0.5, 0.6) is 0 Å². The van der Waals surface area contributed by atoms with Gasteiger partial charge < -0.3 is 4.74 Å². The van der Waals surface area contributed by atoms with Crippen molar-refractivity contribution in [1.82, 2.24) is 15.5 Å². The summed E-state index contributed by atoms with van der Waals surface area (Å²) in [5, 5.41) is 11.0. The van der Waals surface area contributed by atoms with Crippen LogP contribution >= 0.6 is 11.3 Å². The molecule has 110 valence electrons. The Labute approximate surface area is 127 Å². The average Bonchev–Trinajstić information content (AvgIpc) is 2.83. The Morgan fingerprint density at radius 3 is 3.00 bits per heavy atom. The van der Waals surface area contributed by atoms with Gasteiger partial charge in [0.05, 0.1) is 10.6 Å². The summed E-state index contributed by atoms with van der Waals surface area (Å²) in [5.41, 5.74) is 4.09. The first-order valence-electron chi connectivity index (χ1n) is 7.84. The summed E-state index contributed by atoms with van der Waals surface area (Å²) in [6.45, 7) is 2.23. The molecule has 0 radical (unpaired) electrons. The van der Waals surface area contributed by atoms with Crippen LogP contribution in [-0.4, -0.2) is 22.5 Å². The largest absolute Gasteiger partial charge is 0.348 e. The molecule has 4 nitrogen and oxygen atoms in total. The number of hydrogen-bond donors (Lipinski definition) is 2. The van der Waals surface area contributed by atoms with Gasteiger partial charge in [0.25, 0.3) is 0 Å². The van der Waals surface area contributed by atoms with Crippen LogP contribution in [0.15, 0.2) is 12.3 Å². The van der Waals surface area contributed by atoms with Crippen molar-refractivity contribution in [3.8, 4) is 10.6 Å². The highest BCUT2D eigenvalue weighted by Gasteiger charge is 2.48. The van der Waals surface area contributed by atoms with Gasteiger partial charge in [0.1, 0.15) is 12.3 Å². The maximum Gasteiger partial charge on any atom is 0.140 e. The number of thiophene rings is 1. The molecule has 4 heterocycles. The van der Waals surface area contributed by atoms with E-state index in [1.807, 2.05) is 17.5 Å². The monoisotopic (exact) mass is 301 g/mol. The predicted molar refractivity (Wildman–Crippen MR) is 82.2 cm³/mol. The lowest BCUT2D eigenvalue weighted by Gasteiger charge is -2.34. The number of rotatable bonds is 2. The molecule has 1 saturated carbocycles. The molecule has 0 amide bonds. The molecule has 2 fully saturated rings. The quantitative estimate of drug-likeness (QED) is 0.838. The van der Waals surface area contributed by atoms with Crippen LogP contribution in [0, 0.1) is 12.8 Å². The highest BCUT2D eigenvalue weighted by atomic mass is 32.1. The third-order valence-corrected chi connectivity index (χ3v) is 6.47. The lowest BCUT2D eigenvalue weighted by atomic mass is 9.77. The third-order valence-electron chi connectivity index (χ3n) is 5.28. The summed E-state index contributed by atoms with van der Waals surface area (Å²) in [6, 6.07) is 2.65. The summed E-state index contributed by atoms with van der Waals surface area (Å²) in [4.78, 5) is 2.76. The molecule has 3 unspecified atom stereocenters. The van der Waals surface area contributed by atoms with Gasteiger partial charge in [-0.05, 0) is 43.7 Å². The van der Waals surface area contributed by atoms with Crippen LogP contribution < -0.4 is 5.32 Å². The van der Waals surface area contributed by atoms with E-state index in [1.165, 1.54) is 40.1 Å². The maximum absolute atomic E-state index is 5.91. The average molecular weight is 301 g/mol. The fourth-order valence-electron chi connectivity index (χ4n) is 3.87. The van der Waals surface area contributed by atoms with E-state index < -0.39 is 0 Å². The van der Waals surface area contributed by atoms with Crippen LogP contribution in [0.3, 0.4) is 0 Å². The Morgan fingerprint density at radius 1 is 1.38 bits per heavy atom. The topological polar surface area (TPSA) is 53.2 Å². The summed E-state index contributed by atoms with van der Waals surface area (Å²) >= 11 is 1.89. The van der Waals surface area contributed by atoms with E-state index in [4.69, 9.17) is 4.74 Å². The molecule has 1 aliphatic carbocycles. The lowest BCUT2D eigenvalue weighted by Crippen LogP contribution is -2.42. The third kappa shape index (κ3) is 1.84. The van der Waals surface area contributed by atoms with Gasteiger partial charge in [-0.25, -0.2) is 0 Å². The fourth-order valence-corrected chi connectivity index (χ4v) is 5.07. The van der Waals surface area contributed by atoms with Gasteiger partial charge in [-0.15, -0.1) is 11.3 Å². The zero-order valence-electron chi connectivity index (χ0n) is 12.1. The summed E-state index contributed by atoms with van der Waals surface area (Å²) in [6.07, 6.45) is 7.62. The minimum atomic E-state index is 0.250. The van der Waals surface area contributed by atoms with E-state index >= 15 is 0 Å². The van der Waals surface area contributed by atoms with Gasteiger partial charge in [-0.1, -0.05) is 6.42 Å². The van der Waals surface area contributed by atoms with E-state index in [0.717, 1.165) is 18.0 Å². The second kappa shape index (κ2) is 4.41. The molecule has 5 rings (SSSR count). The highest BCUT2D eigenvalue weighted by molar-refractivity contribution is 7.15. The zero-order valence-corrected chi connectivity index (χ0v) is 12.9. The molecule has 0 aromatic carbocycles. The molecule has 2 aromatic heterocycles. The van der Waals surface area contributed by atoms with E-state index in [2.05, 4.69) is 28.5 Å². The Morgan fingerprint density at radius 2 is 2.29 bits per heavy atom. The number of aromatic amines is 1. The zero-order chi connectivity index (χ0) is 14.0. The first kappa shape index (κ1) is 12.4. The van der Waals surface area contributed by atoms with Crippen molar-refractivity contribution in [2.45, 2.75) is 51.0 Å². The molecule has 21 heavy (non-hydrogen) atoms. The highest BCUT2D eigenvalue weighted by Crippen LogP contribution is 2.50. The minimum Gasteiger partial charge on any atom is -0.348 e. The van der Waals surface area contributed by atoms with Crippen molar-refractivity contribution >= 4 is 11.3 Å². The van der Waals surface area contributed by atoms with Crippen molar-refractivity contribution in [3.63, 3.8) is 0 Å². The standard InChI is InChI=1S/C16H19N3OS/c1-8-13-10(15(21-8)11-5-6-17-19-11)7-12(9-3-2-4-9)18-16-14(13)20-16/h5-6,9,12,14,16,18H,2-4,7H2,1H3,(H,17,19). The second-order valence-electron chi connectivity index (χ2n) is 6.50. The maximum atomic E-state index is 5.91. The molecule has 1 saturated heterocycles. The molecular weight excluding hydrogens is 282 g/mol. The second-order valence-corrected chi connectivity index (χ2v) is 7.72. The van der Waals surface area contributed by atoms with E-state index in [0.29, 0.717) is 6.04 Å². The number of ether oxygens (including phenoxy) is 1. The summed E-state index contributed by atoms with van der Waals surface area (Å²) in [5.74, 6) is 0.829. The Kier molecular flexibility index (Phi) is 2.60. The number of aryl methyl sites for hydroxylation is 1. The molecule has 0 spiro atoms. The van der Waals surface area contributed by atoms with Gasteiger partial charge in [0.2, 0.25) is 0 Å². The van der Waals surface area contributed by atoms with Gasteiger partial charge in [0, 0.05) is 22.7 Å². The van der Waals surface area contributed by atoms with Crippen LogP contribution in [0.4, 0.5) is 0 Å². The molecule has 0 bridgehead atoms. The van der Waals surface area contributed by atoms with E-state index in [9.17, 15) is 0 Å². The van der Waals surface area contributed by atoms with E-state index in [-0.39, 0.29) is 12.3 Å². The minimum absolute atomic E-state index is 0.250. The fraction of sp³-hybridized carbons (Fsp3) is 0.562. The van der Waals surface area contributed by atoms with Crippen molar-refractivity contribution in [2.24, 2.45) is 5.92 Å². The first-order chi connectivity index (χ1) is 10.3. The number of epoxide rings is 1. The van der Waals surface area contributed by atoms with Crippen molar-refractivity contribution in [3.05, 3.63) is 28.3 Å². The van der Waals surface area contributed by atoms with Gasteiger partial charge >= 0.3 is 0 Å². The van der Waals surface area contributed by atoms with Crippen LogP contribution in [0.2, 0.25) is 0 Å². The molecule has 5 heteroatoms. The van der Waals surface area contributed by atoms with Crippen LogP contribution in [0.25, 0.3) is 10.6 Å². The molecule has 3 aliphatic rings. The smallest absolute Gasteiger partial charge is 0.140 e. The number of H-pyrrole nitrogens is 1. The van der Waals surface area contributed by atoms with Gasteiger partial charge in [0.15, 0.2) is 0 Å². The Bertz CT molecular complexity index is 674. The first-order valence-corrected chi connectivity index (χ1v) is 8.66. The van der Waals surface area contributed by atoms with Gasteiger partial charge in [-0.3, -0.25) is 10.4 Å². The number of hydrogen-bond acceptors (Lipinski definition) is 4. The Hall–Kier alpha value is -1.17.